The zero-order chi connectivity index (χ0) is 14.9. The molecule has 0 aromatic carbocycles. The number of hydrogen-bond donors (Lipinski definition) is 0. The van der Waals surface area contributed by atoms with Gasteiger partial charge in [0.15, 0.2) is 5.82 Å². The summed E-state index contributed by atoms with van der Waals surface area (Å²) in [4.78, 5) is 8.63. The van der Waals surface area contributed by atoms with Crippen molar-refractivity contribution in [1.82, 2.24) is 14.5 Å². The van der Waals surface area contributed by atoms with Gasteiger partial charge in [-0.1, -0.05) is 18.7 Å². The standard InChI is InChI=1S/C16H24N4/c1-12(2)9-7-8-10-20-13(3)15-16(17-11-18(15)5)19(6)14(20)4/h11H,1,3-4,7-10H2,2,5-6H3. The highest BCUT2D eigenvalue weighted by atomic mass is 15.4. The van der Waals surface area contributed by atoms with E-state index >= 15 is 0 Å². The molecule has 0 N–H and O–H groups in total. The van der Waals surface area contributed by atoms with E-state index in [0.29, 0.717) is 0 Å². The van der Waals surface area contributed by atoms with Crippen LogP contribution in [0.4, 0.5) is 5.82 Å². The molecule has 1 aromatic heterocycles. The molecule has 4 heteroatoms. The summed E-state index contributed by atoms with van der Waals surface area (Å²) >= 11 is 0. The quantitative estimate of drug-likeness (QED) is 0.607. The molecule has 0 saturated carbocycles. The number of unbranched alkanes of at least 4 members (excludes halogenated alkanes) is 1. The first kappa shape index (κ1) is 14.4. The van der Waals surface area contributed by atoms with Crippen molar-refractivity contribution in [2.24, 2.45) is 7.05 Å². The van der Waals surface area contributed by atoms with E-state index < -0.39 is 0 Å². The Hall–Kier alpha value is -1.97. The van der Waals surface area contributed by atoms with E-state index in [1.165, 1.54) is 5.57 Å². The van der Waals surface area contributed by atoms with Crippen LogP contribution in [0.15, 0.2) is 37.5 Å². The summed E-state index contributed by atoms with van der Waals surface area (Å²) in [7, 11) is 4.00. The summed E-state index contributed by atoms with van der Waals surface area (Å²) in [5, 5.41) is 0. The summed E-state index contributed by atoms with van der Waals surface area (Å²) in [6, 6.07) is 0. The molecule has 2 heterocycles. The van der Waals surface area contributed by atoms with Gasteiger partial charge in [-0.2, -0.15) is 0 Å². The Morgan fingerprint density at radius 2 is 1.95 bits per heavy atom. The molecule has 0 amide bonds. The van der Waals surface area contributed by atoms with Gasteiger partial charge in [0.05, 0.1) is 12.0 Å². The van der Waals surface area contributed by atoms with Crippen LogP contribution < -0.4 is 4.90 Å². The monoisotopic (exact) mass is 272 g/mol. The lowest BCUT2D eigenvalue weighted by atomic mass is 10.1. The molecule has 0 atom stereocenters. The first-order valence-corrected chi connectivity index (χ1v) is 6.98. The maximum atomic E-state index is 4.42. The zero-order valence-electron chi connectivity index (χ0n) is 12.8. The van der Waals surface area contributed by atoms with Crippen molar-refractivity contribution in [3.63, 3.8) is 0 Å². The zero-order valence-corrected chi connectivity index (χ0v) is 12.8. The van der Waals surface area contributed by atoms with Crippen LogP contribution >= 0.6 is 0 Å². The van der Waals surface area contributed by atoms with E-state index in [1.807, 2.05) is 29.9 Å². The van der Waals surface area contributed by atoms with Crippen molar-refractivity contribution in [3.8, 4) is 0 Å². The van der Waals surface area contributed by atoms with Crippen LogP contribution in [0.5, 0.6) is 0 Å². The summed E-state index contributed by atoms with van der Waals surface area (Å²) in [6.07, 6.45) is 5.16. The van der Waals surface area contributed by atoms with Crippen LogP contribution in [-0.4, -0.2) is 28.0 Å². The fourth-order valence-electron chi connectivity index (χ4n) is 2.54. The molecule has 0 aliphatic carbocycles. The number of imidazole rings is 1. The molecule has 2 rings (SSSR count). The SMILES string of the molecule is C=C(C)CCCCN1C(=C)c2c(ncn2C)N(C)C1=C. The number of hydrogen-bond acceptors (Lipinski definition) is 3. The van der Waals surface area contributed by atoms with Crippen molar-refractivity contribution in [1.29, 1.82) is 0 Å². The Kier molecular flexibility index (Phi) is 4.02. The highest BCUT2D eigenvalue weighted by Crippen LogP contribution is 2.36. The Bertz CT molecular complexity index is 553. The van der Waals surface area contributed by atoms with Crippen molar-refractivity contribution in [3.05, 3.63) is 43.2 Å². The normalized spacial score (nSPS) is 14.8. The number of rotatable bonds is 5. The van der Waals surface area contributed by atoms with Crippen molar-refractivity contribution >= 4 is 11.5 Å². The van der Waals surface area contributed by atoms with Crippen LogP contribution in [0.25, 0.3) is 5.70 Å². The smallest absolute Gasteiger partial charge is 0.161 e. The van der Waals surface area contributed by atoms with Crippen LogP contribution in [0.3, 0.4) is 0 Å². The Labute approximate surface area is 121 Å². The van der Waals surface area contributed by atoms with Gasteiger partial charge < -0.3 is 14.4 Å². The van der Waals surface area contributed by atoms with Gasteiger partial charge in [-0.3, -0.25) is 0 Å². The molecule has 0 unspecified atom stereocenters. The molecule has 0 bridgehead atoms. The van der Waals surface area contributed by atoms with Crippen LogP contribution in [0.2, 0.25) is 0 Å². The Morgan fingerprint density at radius 1 is 1.25 bits per heavy atom. The minimum Gasteiger partial charge on any atom is -0.331 e. The molecule has 108 valence electrons. The summed E-state index contributed by atoms with van der Waals surface area (Å²) in [5.41, 5.74) is 3.30. The molecule has 20 heavy (non-hydrogen) atoms. The van der Waals surface area contributed by atoms with Crippen LogP contribution in [-0.2, 0) is 7.05 Å². The molecular weight excluding hydrogens is 248 g/mol. The maximum absolute atomic E-state index is 4.42. The topological polar surface area (TPSA) is 24.3 Å². The van der Waals surface area contributed by atoms with E-state index in [1.54, 1.807) is 0 Å². The molecule has 4 nitrogen and oxygen atoms in total. The molecule has 0 radical (unpaired) electrons. The number of nitrogens with zero attached hydrogens (tertiary/aromatic N) is 4. The van der Waals surface area contributed by atoms with Crippen molar-refractivity contribution in [2.45, 2.75) is 26.2 Å². The third kappa shape index (κ3) is 2.50. The third-order valence-corrected chi connectivity index (χ3v) is 3.77. The van der Waals surface area contributed by atoms with Crippen molar-refractivity contribution in [2.75, 3.05) is 18.5 Å². The fourth-order valence-corrected chi connectivity index (χ4v) is 2.54. The summed E-state index contributed by atoms with van der Waals surface area (Å²) in [6.45, 7) is 15.4. The van der Waals surface area contributed by atoms with E-state index in [4.69, 9.17) is 0 Å². The predicted molar refractivity (Wildman–Crippen MR) is 85.2 cm³/mol. The average molecular weight is 272 g/mol. The number of allylic oxidation sites excluding steroid dienone is 1. The number of anilines is 1. The van der Waals surface area contributed by atoms with Gasteiger partial charge in [0, 0.05) is 20.6 Å². The predicted octanol–water partition coefficient (Wildman–Crippen LogP) is 3.36. The first-order valence-electron chi connectivity index (χ1n) is 6.98. The first-order chi connectivity index (χ1) is 9.43. The maximum Gasteiger partial charge on any atom is 0.161 e. The Morgan fingerprint density at radius 3 is 2.60 bits per heavy atom. The molecule has 1 aromatic rings. The van der Waals surface area contributed by atoms with Crippen LogP contribution in [0.1, 0.15) is 31.9 Å². The lowest BCUT2D eigenvalue weighted by Crippen LogP contribution is -2.37. The second-order valence-electron chi connectivity index (χ2n) is 5.52. The largest absolute Gasteiger partial charge is 0.331 e. The second kappa shape index (κ2) is 5.57. The lowest BCUT2D eigenvalue weighted by molar-refractivity contribution is 0.444. The molecule has 0 fully saturated rings. The average Bonchev–Trinajstić information content (AvgIpc) is 2.77. The van der Waals surface area contributed by atoms with Gasteiger partial charge in [0.2, 0.25) is 0 Å². The number of aromatic nitrogens is 2. The van der Waals surface area contributed by atoms with Crippen molar-refractivity contribution < 1.29 is 0 Å². The van der Waals surface area contributed by atoms with Gasteiger partial charge in [0.1, 0.15) is 11.5 Å². The van der Waals surface area contributed by atoms with Gasteiger partial charge in [-0.25, -0.2) is 4.98 Å². The number of aryl methyl sites for hydroxylation is 1. The van der Waals surface area contributed by atoms with Gasteiger partial charge in [-0.15, -0.1) is 6.58 Å². The minimum absolute atomic E-state index is 0.930. The summed E-state index contributed by atoms with van der Waals surface area (Å²) in [5.74, 6) is 1.87. The highest BCUT2D eigenvalue weighted by molar-refractivity contribution is 5.76. The van der Waals surface area contributed by atoms with Gasteiger partial charge in [0.25, 0.3) is 0 Å². The van der Waals surface area contributed by atoms with E-state index in [2.05, 4.69) is 36.5 Å². The fraction of sp³-hybridized carbons (Fsp3) is 0.438. The second-order valence-corrected chi connectivity index (χ2v) is 5.52. The van der Waals surface area contributed by atoms with Gasteiger partial charge >= 0.3 is 0 Å². The Balaban J connectivity index is 2.11. The molecule has 0 spiro atoms. The third-order valence-electron chi connectivity index (χ3n) is 3.77. The van der Waals surface area contributed by atoms with Gasteiger partial charge in [-0.05, 0) is 26.2 Å². The highest BCUT2D eigenvalue weighted by Gasteiger charge is 2.29. The molecular formula is C16H24N4. The summed E-state index contributed by atoms with van der Waals surface area (Å²) < 4.78 is 2.02. The molecule has 0 saturated heterocycles. The lowest BCUT2D eigenvalue weighted by Gasteiger charge is -2.38. The van der Waals surface area contributed by atoms with E-state index in [-0.39, 0.29) is 0 Å². The molecule has 1 aliphatic heterocycles. The molecule has 1 aliphatic rings. The number of fused-ring (bicyclic) bond motifs is 1. The van der Waals surface area contributed by atoms with Crippen LogP contribution in [0, 0.1) is 0 Å². The minimum atomic E-state index is 0.930. The van der Waals surface area contributed by atoms with E-state index in [0.717, 1.165) is 48.8 Å². The van der Waals surface area contributed by atoms with E-state index in [9.17, 15) is 0 Å².